The summed E-state index contributed by atoms with van der Waals surface area (Å²) in [6, 6.07) is 0. The first-order valence-corrected chi connectivity index (χ1v) is 5.95. The molecule has 0 aromatic carbocycles. The van der Waals surface area contributed by atoms with Gasteiger partial charge in [0, 0.05) is 0 Å². The largest absolute Gasteiger partial charge is 2.00 e. The quantitative estimate of drug-likeness (QED) is 0.105. The summed E-state index contributed by atoms with van der Waals surface area (Å²) in [5, 5.41) is 42.7. The third-order valence-electron chi connectivity index (χ3n) is 1.10. The van der Waals surface area contributed by atoms with Crippen LogP contribution in [0.25, 0.3) is 0 Å². The SMILES string of the molecule is O=[N+]([O-])O.O=[N+]([O-])O.S=C1N/N=C/C=N/NC(=S)N/N=C/C=N/N1.[Cu+2]. The van der Waals surface area contributed by atoms with Crippen molar-refractivity contribution in [2.75, 3.05) is 0 Å². The van der Waals surface area contributed by atoms with Crippen LogP contribution in [0, 0.1) is 20.2 Å². The summed E-state index contributed by atoms with van der Waals surface area (Å²) < 4.78 is 0. The number of nitrogens with one attached hydrogen (secondary N) is 4. The van der Waals surface area contributed by atoms with E-state index in [-0.39, 0.29) is 27.3 Å². The molecule has 0 aromatic heterocycles. The molecule has 1 aliphatic rings. The molecule has 0 aliphatic carbocycles. The van der Waals surface area contributed by atoms with Gasteiger partial charge in [-0.15, -0.1) is 20.2 Å². The van der Waals surface area contributed by atoms with Crippen molar-refractivity contribution in [3.8, 4) is 0 Å². The summed E-state index contributed by atoms with van der Waals surface area (Å²) in [6.45, 7) is 0. The van der Waals surface area contributed by atoms with Crippen LogP contribution in [0.4, 0.5) is 0 Å². The molecule has 1 aliphatic heterocycles. The number of rotatable bonds is 0. The molecule has 1 rings (SSSR count). The summed E-state index contributed by atoms with van der Waals surface area (Å²) in [5.41, 5.74) is 10.0. The molecule has 25 heavy (non-hydrogen) atoms. The molecular weight excluding hydrogens is 436 g/mol. The minimum Gasteiger partial charge on any atom is -0.328 e. The van der Waals surface area contributed by atoms with Crippen molar-refractivity contribution in [3.63, 3.8) is 0 Å². The maximum Gasteiger partial charge on any atom is 2.00 e. The molecule has 19 heteroatoms. The van der Waals surface area contributed by atoms with E-state index in [2.05, 4.69) is 42.1 Å². The van der Waals surface area contributed by atoms with E-state index in [0.29, 0.717) is 0 Å². The molecule has 0 saturated heterocycles. The molecule has 1 heterocycles. The van der Waals surface area contributed by atoms with Gasteiger partial charge in [-0.3, -0.25) is 21.7 Å². The van der Waals surface area contributed by atoms with E-state index in [0.717, 1.165) is 0 Å². The molecule has 0 fully saturated rings. The van der Waals surface area contributed by atoms with Gasteiger partial charge in [0.1, 0.15) is 0 Å². The third-order valence-corrected chi connectivity index (χ3v) is 1.46. The number of hydrogen-bond donors (Lipinski definition) is 6. The molecule has 16 nitrogen and oxygen atoms in total. The Morgan fingerprint density at radius 3 is 1.08 bits per heavy atom. The van der Waals surface area contributed by atoms with Crippen molar-refractivity contribution in [1.82, 2.24) is 21.7 Å². The van der Waals surface area contributed by atoms with E-state index in [1.807, 2.05) is 0 Å². The first-order chi connectivity index (χ1) is 11.3. The van der Waals surface area contributed by atoms with Crippen LogP contribution >= 0.6 is 24.4 Å². The third kappa shape index (κ3) is 33.7. The van der Waals surface area contributed by atoms with E-state index < -0.39 is 10.2 Å². The first kappa shape index (κ1) is 26.9. The number of thiocarbonyl (C=S) groups is 2. The van der Waals surface area contributed by atoms with Crippen LogP contribution < -0.4 is 21.7 Å². The summed E-state index contributed by atoms with van der Waals surface area (Å²) in [6.07, 6.45) is 5.56. The fourth-order valence-electron chi connectivity index (χ4n) is 0.567. The average Bonchev–Trinajstić information content (AvgIpc) is 2.44. The molecule has 141 valence electrons. The molecule has 0 amide bonds. The maximum atomic E-state index is 8.36. The van der Waals surface area contributed by atoms with Crippen molar-refractivity contribution in [1.29, 1.82) is 0 Å². The minimum atomic E-state index is -1.50. The van der Waals surface area contributed by atoms with Crippen LogP contribution in [0.1, 0.15) is 0 Å². The van der Waals surface area contributed by atoms with E-state index >= 15 is 0 Å². The maximum absolute atomic E-state index is 8.36. The topological polar surface area (TPSA) is 224 Å². The molecule has 0 saturated carbocycles. The normalized spacial score (nSPS) is 17.8. The van der Waals surface area contributed by atoms with Crippen LogP contribution in [0.3, 0.4) is 0 Å². The number of nitrogens with zero attached hydrogens (tertiary/aromatic N) is 6. The molecule has 6 N–H and O–H groups in total. The first-order valence-electron chi connectivity index (χ1n) is 5.13. The zero-order chi connectivity index (χ0) is 18.8. The molecule has 1 radical (unpaired) electrons. The Morgan fingerprint density at radius 2 is 0.920 bits per heavy atom. The monoisotopic (exact) mass is 445 g/mol. The van der Waals surface area contributed by atoms with Crippen LogP contribution in [0.2, 0.25) is 0 Å². The van der Waals surface area contributed by atoms with Gasteiger partial charge in [-0.2, -0.15) is 20.4 Å². The predicted molar refractivity (Wildman–Crippen MR) is 89.3 cm³/mol. The summed E-state index contributed by atoms with van der Waals surface area (Å²) in [5.74, 6) is 0. The van der Waals surface area contributed by atoms with Gasteiger partial charge in [-0.05, 0) is 24.4 Å². The molecular formula is C6H10CuN10O6S2+2. The van der Waals surface area contributed by atoms with Gasteiger partial charge >= 0.3 is 17.1 Å². The van der Waals surface area contributed by atoms with Crippen LogP contribution in [0.5, 0.6) is 0 Å². The molecule has 0 aromatic rings. The van der Waals surface area contributed by atoms with E-state index in [1.54, 1.807) is 0 Å². The van der Waals surface area contributed by atoms with Crippen LogP contribution in [-0.4, -0.2) is 55.7 Å². The van der Waals surface area contributed by atoms with E-state index in [1.165, 1.54) is 24.9 Å². The predicted octanol–water partition coefficient (Wildman–Crippen LogP) is -1.83. The Kier molecular flexibility index (Phi) is 20.4. The van der Waals surface area contributed by atoms with E-state index in [9.17, 15) is 0 Å². The fourth-order valence-corrected chi connectivity index (χ4v) is 0.778. The fraction of sp³-hybridized carbons (Fsp3) is 0. The summed E-state index contributed by atoms with van der Waals surface area (Å²) >= 11 is 9.65. The Morgan fingerprint density at radius 1 is 0.760 bits per heavy atom. The minimum absolute atomic E-state index is 0. The van der Waals surface area contributed by atoms with Crippen molar-refractivity contribution in [3.05, 3.63) is 20.2 Å². The second-order valence-electron chi connectivity index (χ2n) is 2.69. The Hall–Kier alpha value is -3.02. The van der Waals surface area contributed by atoms with Gasteiger partial charge in [-0.25, -0.2) is 0 Å². The number of hydrazone groups is 4. The van der Waals surface area contributed by atoms with Gasteiger partial charge in [0.15, 0.2) is 0 Å². The Bertz CT molecular complexity index is 466. The molecule has 0 unspecified atom stereocenters. The molecule has 0 bridgehead atoms. The van der Waals surface area contributed by atoms with Gasteiger partial charge in [0.2, 0.25) is 10.2 Å². The molecule has 0 spiro atoms. The standard InChI is InChI=1S/C6H8N8S2.Cu.2HNO3/c15-5-11-7-1-2-8-12-6(16)14-10-4-3-9-13-5;;2*2-1(3)4/h1-4H,(H2,11,13,15)(H2,12,14,16);;2*(H,2,3,4)/q;+2;;/b7-1+,8-2+,9-3+,10-4+;;;. The van der Waals surface area contributed by atoms with Gasteiger partial charge in [0.25, 0.3) is 10.2 Å². The van der Waals surface area contributed by atoms with E-state index in [4.69, 9.17) is 55.1 Å². The van der Waals surface area contributed by atoms with Crippen LogP contribution in [-0.2, 0) is 17.1 Å². The Balaban J connectivity index is -0.000000454. The second-order valence-corrected chi connectivity index (χ2v) is 3.51. The van der Waals surface area contributed by atoms with Crippen molar-refractivity contribution >= 4 is 59.5 Å². The second kappa shape index (κ2) is 19.0. The summed E-state index contributed by atoms with van der Waals surface area (Å²) in [7, 11) is 0. The van der Waals surface area contributed by atoms with Gasteiger partial charge in [0.05, 0.1) is 24.9 Å². The average molecular weight is 446 g/mol. The zero-order valence-electron chi connectivity index (χ0n) is 11.6. The summed E-state index contributed by atoms with van der Waals surface area (Å²) in [4.78, 5) is 16.7. The molecule has 0 atom stereocenters. The van der Waals surface area contributed by atoms with Crippen molar-refractivity contribution in [2.45, 2.75) is 0 Å². The smallest absolute Gasteiger partial charge is 0.328 e. The van der Waals surface area contributed by atoms with Crippen molar-refractivity contribution < 1.29 is 37.7 Å². The van der Waals surface area contributed by atoms with Gasteiger partial charge in [-0.1, -0.05) is 0 Å². The van der Waals surface area contributed by atoms with Gasteiger partial charge < -0.3 is 10.4 Å². The Labute approximate surface area is 159 Å². The van der Waals surface area contributed by atoms with Crippen LogP contribution in [0.15, 0.2) is 20.4 Å². The van der Waals surface area contributed by atoms with Crippen molar-refractivity contribution in [2.24, 2.45) is 20.4 Å². The number of hydrogen-bond acceptors (Lipinski definition) is 10. The zero-order valence-corrected chi connectivity index (χ0v) is 14.2.